The van der Waals surface area contributed by atoms with Crippen LogP contribution < -0.4 is 10.2 Å². The first-order valence-electron chi connectivity index (χ1n) is 8.97. The molecule has 0 radical (unpaired) electrons. The van der Waals surface area contributed by atoms with Gasteiger partial charge >= 0.3 is 0 Å². The predicted molar refractivity (Wildman–Crippen MR) is 97.4 cm³/mol. The lowest BCUT2D eigenvalue weighted by molar-refractivity contribution is -0.121. The van der Waals surface area contributed by atoms with E-state index in [0.717, 1.165) is 37.1 Å². The van der Waals surface area contributed by atoms with Crippen LogP contribution in [0.5, 0.6) is 0 Å². The SMILES string of the molecule is O=C(Cc1ccc(N2CCCC2=O)cc1)N[C@@H]1CCc2ccccc21. The number of nitrogens with one attached hydrogen (secondary N) is 1. The van der Waals surface area contributed by atoms with Gasteiger partial charge in [0.2, 0.25) is 11.8 Å². The highest BCUT2D eigenvalue weighted by Crippen LogP contribution is 2.30. The molecule has 1 saturated heterocycles. The number of amides is 2. The number of carbonyl (C=O) groups is 2. The normalized spacial score (nSPS) is 19.1. The van der Waals surface area contributed by atoms with Crippen molar-refractivity contribution in [3.8, 4) is 0 Å². The lowest BCUT2D eigenvalue weighted by Gasteiger charge is -2.16. The van der Waals surface area contributed by atoms with E-state index in [0.29, 0.717) is 12.8 Å². The molecular weight excluding hydrogens is 312 g/mol. The Bertz CT molecular complexity index is 798. The molecule has 25 heavy (non-hydrogen) atoms. The summed E-state index contributed by atoms with van der Waals surface area (Å²) in [6.45, 7) is 0.791. The standard InChI is InChI=1S/C21H22N2O2/c24-20(22-19-12-9-16-4-1-2-5-18(16)19)14-15-7-10-17(11-8-15)23-13-3-6-21(23)25/h1-2,4-5,7-8,10-11,19H,3,6,9,12-14H2,(H,22,24)/t19-/m1/s1. The van der Waals surface area contributed by atoms with Crippen molar-refractivity contribution in [3.63, 3.8) is 0 Å². The number of rotatable bonds is 4. The van der Waals surface area contributed by atoms with Gasteiger partial charge < -0.3 is 10.2 Å². The van der Waals surface area contributed by atoms with E-state index in [1.54, 1.807) is 0 Å². The zero-order valence-corrected chi connectivity index (χ0v) is 14.2. The van der Waals surface area contributed by atoms with Crippen LogP contribution in [0.4, 0.5) is 5.69 Å². The average molecular weight is 334 g/mol. The molecule has 1 fully saturated rings. The monoisotopic (exact) mass is 334 g/mol. The molecule has 4 nitrogen and oxygen atoms in total. The molecule has 1 aliphatic carbocycles. The lowest BCUT2D eigenvalue weighted by Crippen LogP contribution is -2.28. The zero-order valence-electron chi connectivity index (χ0n) is 14.2. The van der Waals surface area contributed by atoms with Crippen LogP contribution in [0.3, 0.4) is 0 Å². The minimum absolute atomic E-state index is 0.0479. The Morgan fingerprint density at radius 3 is 2.64 bits per heavy atom. The smallest absolute Gasteiger partial charge is 0.227 e. The molecule has 0 spiro atoms. The van der Waals surface area contributed by atoms with Crippen LogP contribution in [0.1, 0.15) is 42.0 Å². The fourth-order valence-electron chi connectivity index (χ4n) is 3.85. The molecule has 2 amide bonds. The minimum Gasteiger partial charge on any atom is -0.349 e. The van der Waals surface area contributed by atoms with Gasteiger partial charge in [0.05, 0.1) is 12.5 Å². The third-order valence-electron chi connectivity index (χ3n) is 5.15. The average Bonchev–Trinajstić information content (AvgIpc) is 3.22. The highest BCUT2D eigenvalue weighted by molar-refractivity contribution is 5.95. The molecular formula is C21H22N2O2. The van der Waals surface area contributed by atoms with E-state index in [1.807, 2.05) is 35.2 Å². The van der Waals surface area contributed by atoms with Gasteiger partial charge in [-0.3, -0.25) is 9.59 Å². The Morgan fingerprint density at radius 1 is 1.08 bits per heavy atom. The maximum Gasteiger partial charge on any atom is 0.227 e. The van der Waals surface area contributed by atoms with Crippen LogP contribution in [-0.4, -0.2) is 18.4 Å². The van der Waals surface area contributed by atoms with Crippen LogP contribution in [-0.2, 0) is 22.4 Å². The summed E-state index contributed by atoms with van der Waals surface area (Å²) in [5.41, 5.74) is 4.49. The van der Waals surface area contributed by atoms with Crippen molar-refractivity contribution < 1.29 is 9.59 Å². The van der Waals surface area contributed by atoms with Crippen LogP contribution in [0, 0.1) is 0 Å². The van der Waals surface area contributed by atoms with Crippen molar-refractivity contribution in [1.82, 2.24) is 5.32 Å². The lowest BCUT2D eigenvalue weighted by atomic mass is 10.1. The number of hydrogen-bond donors (Lipinski definition) is 1. The topological polar surface area (TPSA) is 49.4 Å². The van der Waals surface area contributed by atoms with Gasteiger partial charge in [-0.05, 0) is 48.1 Å². The Kier molecular flexibility index (Phi) is 4.26. The summed E-state index contributed by atoms with van der Waals surface area (Å²) in [7, 11) is 0. The quantitative estimate of drug-likeness (QED) is 0.934. The summed E-state index contributed by atoms with van der Waals surface area (Å²) < 4.78 is 0. The molecule has 1 heterocycles. The second-order valence-electron chi connectivity index (χ2n) is 6.85. The number of carbonyl (C=O) groups excluding carboxylic acids is 2. The summed E-state index contributed by atoms with van der Waals surface area (Å²) in [5.74, 6) is 0.233. The van der Waals surface area contributed by atoms with E-state index >= 15 is 0 Å². The van der Waals surface area contributed by atoms with Crippen LogP contribution >= 0.6 is 0 Å². The van der Waals surface area contributed by atoms with Gasteiger partial charge in [0, 0.05) is 18.7 Å². The third kappa shape index (κ3) is 3.29. The molecule has 2 aliphatic rings. The molecule has 4 heteroatoms. The van der Waals surface area contributed by atoms with Gasteiger partial charge in [0.15, 0.2) is 0 Å². The highest BCUT2D eigenvalue weighted by atomic mass is 16.2. The number of nitrogens with zero attached hydrogens (tertiary/aromatic N) is 1. The maximum atomic E-state index is 12.4. The van der Waals surface area contributed by atoms with Crippen molar-refractivity contribution in [3.05, 3.63) is 65.2 Å². The zero-order chi connectivity index (χ0) is 17.2. The first kappa shape index (κ1) is 15.9. The summed E-state index contributed by atoms with van der Waals surface area (Å²) in [5, 5.41) is 3.16. The van der Waals surface area contributed by atoms with Gasteiger partial charge in [0.25, 0.3) is 0 Å². The van der Waals surface area contributed by atoms with Gasteiger partial charge in [-0.15, -0.1) is 0 Å². The number of anilines is 1. The van der Waals surface area contributed by atoms with Crippen molar-refractivity contribution in [2.75, 3.05) is 11.4 Å². The second kappa shape index (κ2) is 6.71. The Morgan fingerprint density at radius 2 is 1.88 bits per heavy atom. The predicted octanol–water partition coefficient (Wildman–Crippen LogP) is 3.16. The summed E-state index contributed by atoms with van der Waals surface area (Å²) in [6, 6.07) is 16.2. The molecule has 0 bridgehead atoms. The maximum absolute atomic E-state index is 12.4. The Hall–Kier alpha value is -2.62. The van der Waals surface area contributed by atoms with E-state index < -0.39 is 0 Å². The number of hydrogen-bond acceptors (Lipinski definition) is 2. The molecule has 4 rings (SSSR count). The van der Waals surface area contributed by atoms with Crippen LogP contribution in [0.25, 0.3) is 0 Å². The van der Waals surface area contributed by atoms with E-state index in [9.17, 15) is 9.59 Å². The number of fused-ring (bicyclic) bond motifs is 1. The Labute approximate surface area is 147 Å². The van der Waals surface area contributed by atoms with Crippen molar-refractivity contribution in [2.45, 2.75) is 38.1 Å². The fraction of sp³-hybridized carbons (Fsp3) is 0.333. The molecule has 128 valence electrons. The molecule has 2 aromatic carbocycles. The third-order valence-corrected chi connectivity index (χ3v) is 5.15. The largest absolute Gasteiger partial charge is 0.349 e. The minimum atomic E-state index is 0.0479. The summed E-state index contributed by atoms with van der Waals surface area (Å²) >= 11 is 0. The first-order valence-corrected chi connectivity index (χ1v) is 8.97. The van der Waals surface area contributed by atoms with Crippen LogP contribution in [0.2, 0.25) is 0 Å². The van der Waals surface area contributed by atoms with Gasteiger partial charge in [0.1, 0.15) is 0 Å². The molecule has 1 N–H and O–H groups in total. The highest BCUT2D eigenvalue weighted by Gasteiger charge is 2.24. The first-order chi connectivity index (χ1) is 12.2. The van der Waals surface area contributed by atoms with Gasteiger partial charge in [-0.2, -0.15) is 0 Å². The molecule has 1 atom stereocenters. The van der Waals surface area contributed by atoms with Crippen molar-refractivity contribution >= 4 is 17.5 Å². The van der Waals surface area contributed by atoms with Crippen molar-refractivity contribution in [1.29, 1.82) is 0 Å². The molecule has 0 saturated carbocycles. The van der Waals surface area contributed by atoms with E-state index in [1.165, 1.54) is 11.1 Å². The van der Waals surface area contributed by atoms with Crippen molar-refractivity contribution in [2.24, 2.45) is 0 Å². The summed E-state index contributed by atoms with van der Waals surface area (Å²) in [6.07, 6.45) is 3.92. The van der Waals surface area contributed by atoms with Crippen LogP contribution in [0.15, 0.2) is 48.5 Å². The van der Waals surface area contributed by atoms with Gasteiger partial charge in [-0.1, -0.05) is 36.4 Å². The Balaban J connectivity index is 1.37. The number of aryl methyl sites for hydroxylation is 1. The van der Waals surface area contributed by atoms with E-state index in [2.05, 4.69) is 23.5 Å². The second-order valence-corrected chi connectivity index (χ2v) is 6.85. The molecule has 1 aliphatic heterocycles. The molecule has 0 aromatic heterocycles. The number of benzene rings is 2. The molecule has 0 unspecified atom stereocenters. The summed E-state index contributed by atoms with van der Waals surface area (Å²) in [4.78, 5) is 26.0. The van der Waals surface area contributed by atoms with E-state index in [4.69, 9.17) is 0 Å². The molecule has 2 aromatic rings. The van der Waals surface area contributed by atoms with Gasteiger partial charge in [-0.25, -0.2) is 0 Å². The fourth-order valence-corrected chi connectivity index (χ4v) is 3.85. The van der Waals surface area contributed by atoms with E-state index in [-0.39, 0.29) is 17.9 Å².